The highest BCUT2D eigenvalue weighted by Crippen LogP contribution is 2.40. The number of aliphatic hydroxyl groups is 1. The molecule has 1 N–H and O–H groups in total. The molecule has 0 bridgehead atoms. The molecule has 3 nitrogen and oxygen atoms in total. The van der Waals surface area contributed by atoms with Gasteiger partial charge in [-0.15, -0.1) is 0 Å². The van der Waals surface area contributed by atoms with Crippen molar-refractivity contribution in [2.24, 2.45) is 11.8 Å². The van der Waals surface area contributed by atoms with Gasteiger partial charge >= 0.3 is 0 Å². The Morgan fingerprint density at radius 2 is 2.06 bits per heavy atom. The third kappa shape index (κ3) is 1.93. The van der Waals surface area contributed by atoms with Crippen molar-refractivity contribution >= 4 is 5.82 Å². The second kappa shape index (κ2) is 4.30. The Bertz CT molecular complexity index is 393. The van der Waals surface area contributed by atoms with Gasteiger partial charge in [0, 0.05) is 24.8 Å². The highest BCUT2D eigenvalue weighted by molar-refractivity contribution is 5.49. The van der Waals surface area contributed by atoms with Crippen molar-refractivity contribution in [3.63, 3.8) is 0 Å². The molecule has 1 aromatic rings. The first-order chi connectivity index (χ1) is 8.25. The summed E-state index contributed by atoms with van der Waals surface area (Å²) in [6.07, 6.45) is 5.54. The summed E-state index contributed by atoms with van der Waals surface area (Å²) in [7, 11) is 0. The highest BCUT2D eigenvalue weighted by atomic mass is 16.3. The largest absolute Gasteiger partial charge is 0.389 e. The van der Waals surface area contributed by atoms with E-state index < -0.39 is 6.10 Å². The Labute approximate surface area is 102 Å². The molecule has 3 heteroatoms. The van der Waals surface area contributed by atoms with Crippen molar-refractivity contribution in [2.75, 3.05) is 18.0 Å². The summed E-state index contributed by atoms with van der Waals surface area (Å²) >= 11 is 0. The minimum Gasteiger partial charge on any atom is -0.389 e. The van der Waals surface area contributed by atoms with E-state index in [9.17, 15) is 5.11 Å². The third-order valence-corrected chi connectivity index (χ3v) is 4.29. The zero-order valence-electron chi connectivity index (χ0n) is 10.3. The van der Waals surface area contributed by atoms with Crippen LogP contribution in [-0.2, 0) is 0 Å². The molecule has 1 saturated heterocycles. The lowest BCUT2D eigenvalue weighted by molar-refractivity contribution is 0.199. The molecule has 0 spiro atoms. The van der Waals surface area contributed by atoms with Crippen LogP contribution in [0.4, 0.5) is 5.82 Å². The fourth-order valence-electron chi connectivity index (χ4n) is 3.41. The summed E-state index contributed by atoms with van der Waals surface area (Å²) in [5.74, 6) is 2.72. The third-order valence-electron chi connectivity index (χ3n) is 4.29. The average Bonchev–Trinajstić information content (AvgIpc) is 2.88. The molecule has 92 valence electrons. The van der Waals surface area contributed by atoms with Crippen LogP contribution in [-0.4, -0.2) is 23.2 Å². The average molecular weight is 232 g/mol. The van der Waals surface area contributed by atoms with Gasteiger partial charge in [-0.25, -0.2) is 4.98 Å². The predicted octanol–water partition coefficient (Wildman–Crippen LogP) is 2.37. The number of pyridine rings is 1. The molecule has 17 heavy (non-hydrogen) atoms. The number of rotatable bonds is 2. The first-order valence-electron chi connectivity index (χ1n) is 6.63. The highest BCUT2D eigenvalue weighted by Gasteiger charge is 2.37. The zero-order chi connectivity index (χ0) is 11.8. The Balaban J connectivity index is 1.85. The van der Waals surface area contributed by atoms with E-state index in [4.69, 9.17) is 0 Å². The van der Waals surface area contributed by atoms with E-state index >= 15 is 0 Å². The van der Waals surface area contributed by atoms with Gasteiger partial charge < -0.3 is 10.0 Å². The van der Waals surface area contributed by atoms with Gasteiger partial charge in [-0.2, -0.15) is 0 Å². The lowest BCUT2D eigenvalue weighted by Crippen LogP contribution is -2.23. The predicted molar refractivity (Wildman–Crippen MR) is 67.9 cm³/mol. The smallest absolute Gasteiger partial charge is 0.134 e. The van der Waals surface area contributed by atoms with Crippen molar-refractivity contribution in [3.05, 3.63) is 23.9 Å². The second-order valence-electron chi connectivity index (χ2n) is 5.45. The van der Waals surface area contributed by atoms with E-state index in [-0.39, 0.29) is 0 Å². The summed E-state index contributed by atoms with van der Waals surface area (Å²) in [4.78, 5) is 6.85. The first-order valence-corrected chi connectivity index (χ1v) is 6.63. The molecule has 1 aliphatic carbocycles. The molecule has 1 aliphatic heterocycles. The van der Waals surface area contributed by atoms with Crippen LogP contribution in [0.1, 0.15) is 37.9 Å². The van der Waals surface area contributed by atoms with Crippen molar-refractivity contribution in [3.8, 4) is 0 Å². The quantitative estimate of drug-likeness (QED) is 0.850. The first kappa shape index (κ1) is 11.0. The van der Waals surface area contributed by atoms with E-state index in [0.29, 0.717) is 0 Å². The van der Waals surface area contributed by atoms with Crippen LogP contribution in [0.2, 0.25) is 0 Å². The normalized spacial score (nSPS) is 29.4. The van der Waals surface area contributed by atoms with Crippen LogP contribution >= 0.6 is 0 Å². The van der Waals surface area contributed by atoms with Crippen molar-refractivity contribution in [1.82, 2.24) is 4.98 Å². The molecule has 3 rings (SSSR count). The molecule has 0 amide bonds. The van der Waals surface area contributed by atoms with Crippen LogP contribution in [0.3, 0.4) is 0 Å². The topological polar surface area (TPSA) is 36.4 Å². The fourth-order valence-corrected chi connectivity index (χ4v) is 3.41. The minimum atomic E-state index is -0.431. The van der Waals surface area contributed by atoms with Gasteiger partial charge in [0.1, 0.15) is 5.82 Å². The molecule has 3 atom stereocenters. The monoisotopic (exact) mass is 232 g/mol. The Hall–Kier alpha value is -1.09. The molecule has 0 aromatic carbocycles. The molecule has 0 radical (unpaired) electrons. The molecular weight excluding hydrogens is 212 g/mol. The fraction of sp³-hybridized carbons (Fsp3) is 0.643. The molecule has 1 saturated carbocycles. The van der Waals surface area contributed by atoms with E-state index in [0.717, 1.165) is 36.3 Å². The lowest BCUT2D eigenvalue weighted by Gasteiger charge is -2.22. The van der Waals surface area contributed by atoms with Gasteiger partial charge in [0.05, 0.1) is 6.10 Å². The second-order valence-corrected chi connectivity index (χ2v) is 5.45. The Morgan fingerprint density at radius 3 is 2.71 bits per heavy atom. The minimum absolute atomic E-state index is 0.431. The summed E-state index contributed by atoms with van der Waals surface area (Å²) in [6, 6.07) is 3.89. The molecular formula is C14H20N2O. The Morgan fingerprint density at radius 1 is 1.35 bits per heavy atom. The van der Waals surface area contributed by atoms with Crippen LogP contribution in [0.15, 0.2) is 18.3 Å². The number of anilines is 1. The SMILES string of the molecule is C[C@H](O)c1cccnc1N1CC2CCCC2C1. The maximum atomic E-state index is 9.80. The molecule has 2 heterocycles. The van der Waals surface area contributed by atoms with Crippen molar-refractivity contribution in [2.45, 2.75) is 32.3 Å². The number of hydrogen-bond donors (Lipinski definition) is 1. The molecule has 2 aliphatic rings. The maximum absolute atomic E-state index is 9.80. The Kier molecular flexibility index (Phi) is 2.79. The standard InChI is InChI=1S/C14H20N2O/c1-10(17)13-6-3-7-15-14(13)16-8-11-4-2-5-12(11)9-16/h3,6-7,10-12,17H,2,4-5,8-9H2,1H3/t10-,11?,12?/m0/s1. The van der Waals surface area contributed by atoms with Gasteiger partial charge in [-0.3, -0.25) is 0 Å². The lowest BCUT2D eigenvalue weighted by atomic mass is 10.0. The van der Waals surface area contributed by atoms with Crippen LogP contribution in [0.5, 0.6) is 0 Å². The number of aromatic nitrogens is 1. The number of hydrogen-bond acceptors (Lipinski definition) is 3. The summed E-state index contributed by atoms with van der Waals surface area (Å²) in [5.41, 5.74) is 0.965. The van der Waals surface area contributed by atoms with Crippen LogP contribution in [0, 0.1) is 11.8 Å². The molecule has 2 fully saturated rings. The van der Waals surface area contributed by atoms with Crippen molar-refractivity contribution in [1.29, 1.82) is 0 Å². The zero-order valence-corrected chi connectivity index (χ0v) is 10.3. The summed E-state index contributed by atoms with van der Waals surface area (Å²) < 4.78 is 0. The van der Waals surface area contributed by atoms with E-state index in [1.165, 1.54) is 19.3 Å². The van der Waals surface area contributed by atoms with Crippen LogP contribution < -0.4 is 4.90 Å². The number of aliphatic hydroxyl groups excluding tert-OH is 1. The van der Waals surface area contributed by atoms with E-state index in [2.05, 4.69) is 9.88 Å². The molecule has 2 unspecified atom stereocenters. The maximum Gasteiger partial charge on any atom is 0.134 e. The van der Waals surface area contributed by atoms with E-state index in [1.807, 2.05) is 25.3 Å². The van der Waals surface area contributed by atoms with Gasteiger partial charge in [0.2, 0.25) is 0 Å². The number of fused-ring (bicyclic) bond motifs is 1. The van der Waals surface area contributed by atoms with Gasteiger partial charge in [0.25, 0.3) is 0 Å². The van der Waals surface area contributed by atoms with Gasteiger partial charge in [-0.05, 0) is 37.7 Å². The summed E-state index contributed by atoms with van der Waals surface area (Å²) in [6.45, 7) is 4.07. The number of nitrogens with zero attached hydrogens (tertiary/aromatic N) is 2. The van der Waals surface area contributed by atoms with Crippen molar-refractivity contribution < 1.29 is 5.11 Å². The van der Waals surface area contributed by atoms with Gasteiger partial charge in [-0.1, -0.05) is 12.5 Å². The van der Waals surface area contributed by atoms with E-state index in [1.54, 1.807) is 0 Å². The van der Waals surface area contributed by atoms with Gasteiger partial charge in [0.15, 0.2) is 0 Å². The molecule has 1 aromatic heterocycles. The summed E-state index contributed by atoms with van der Waals surface area (Å²) in [5, 5.41) is 9.80. The van der Waals surface area contributed by atoms with Crippen LogP contribution in [0.25, 0.3) is 0 Å².